The molecular weight excluding hydrogens is 557 g/mol. The molecule has 0 aromatic heterocycles. The highest BCUT2D eigenvalue weighted by atomic mass is 35.5. The van der Waals surface area contributed by atoms with E-state index in [0.717, 1.165) is 22.3 Å². The largest absolute Gasteiger partial charge is 0.489 e. The number of nitrogens with zero attached hydrogens (tertiary/aromatic N) is 2. The molecule has 0 atom stereocenters. The Labute approximate surface area is 239 Å². The highest BCUT2D eigenvalue weighted by molar-refractivity contribution is 8.18. The van der Waals surface area contributed by atoms with E-state index in [-0.39, 0.29) is 22.1 Å². The van der Waals surface area contributed by atoms with Crippen LogP contribution in [0.1, 0.15) is 11.1 Å². The first-order valence-corrected chi connectivity index (χ1v) is 13.7. The van der Waals surface area contributed by atoms with Gasteiger partial charge >= 0.3 is 0 Å². The van der Waals surface area contributed by atoms with Crippen molar-refractivity contribution < 1.29 is 28.2 Å². The summed E-state index contributed by atoms with van der Waals surface area (Å²) in [6.07, 6.45) is 1.56. The predicted molar refractivity (Wildman–Crippen MR) is 153 cm³/mol. The van der Waals surface area contributed by atoms with Crippen LogP contribution >= 0.6 is 23.4 Å². The van der Waals surface area contributed by atoms with Crippen molar-refractivity contribution in [1.29, 1.82) is 0 Å². The van der Waals surface area contributed by atoms with Gasteiger partial charge in [0.15, 0.2) is 0 Å². The van der Waals surface area contributed by atoms with Crippen molar-refractivity contribution in [3.8, 4) is 5.75 Å². The average Bonchev–Trinajstić information content (AvgIpc) is 3.21. The number of morpholine rings is 1. The molecule has 3 amide bonds. The van der Waals surface area contributed by atoms with E-state index in [0.29, 0.717) is 43.3 Å². The Kier molecular flexibility index (Phi) is 8.69. The molecule has 2 aliphatic heterocycles. The van der Waals surface area contributed by atoms with E-state index in [1.807, 2.05) is 18.2 Å². The highest BCUT2D eigenvalue weighted by Crippen LogP contribution is 2.33. The minimum Gasteiger partial charge on any atom is -0.489 e. The summed E-state index contributed by atoms with van der Waals surface area (Å²) in [5, 5.41) is 2.56. The Balaban J connectivity index is 1.23. The lowest BCUT2D eigenvalue weighted by Crippen LogP contribution is -2.38. The maximum absolute atomic E-state index is 14.1. The summed E-state index contributed by atoms with van der Waals surface area (Å²) in [7, 11) is 0. The van der Waals surface area contributed by atoms with Gasteiger partial charge in [0.05, 0.1) is 34.5 Å². The number of para-hydroxylation sites is 2. The number of nitrogens with one attached hydrogen (secondary N) is 1. The van der Waals surface area contributed by atoms with Crippen LogP contribution in [-0.4, -0.2) is 54.8 Å². The van der Waals surface area contributed by atoms with Crippen molar-refractivity contribution in [3.05, 3.63) is 93.6 Å². The SMILES string of the molecule is O=C(CN1C(=O)S/C(=C/c2cccc(OCc3c(F)cccc3Cl)c2)C1=O)Nc1ccccc1N1CCOCC1. The molecule has 0 unspecified atom stereocenters. The number of rotatable bonds is 8. The molecule has 40 heavy (non-hydrogen) atoms. The summed E-state index contributed by atoms with van der Waals surface area (Å²) in [5.41, 5.74) is 2.30. The van der Waals surface area contributed by atoms with Crippen molar-refractivity contribution in [2.24, 2.45) is 0 Å². The second kappa shape index (κ2) is 12.5. The number of amides is 3. The van der Waals surface area contributed by atoms with Crippen molar-refractivity contribution in [2.45, 2.75) is 6.61 Å². The van der Waals surface area contributed by atoms with Crippen molar-refractivity contribution in [1.82, 2.24) is 4.90 Å². The van der Waals surface area contributed by atoms with Crippen LogP contribution < -0.4 is 15.0 Å². The van der Waals surface area contributed by atoms with Gasteiger partial charge in [-0.1, -0.05) is 41.9 Å². The fourth-order valence-corrected chi connectivity index (χ4v) is 5.36. The molecule has 8 nitrogen and oxygen atoms in total. The summed E-state index contributed by atoms with van der Waals surface area (Å²) >= 11 is 6.83. The fraction of sp³-hybridized carbons (Fsp3) is 0.207. The fourth-order valence-electron chi connectivity index (χ4n) is 4.30. The van der Waals surface area contributed by atoms with Gasteiger partial charge in [-0.05, 0) is 59.8 Å². The third kappa shape index (κ3) is 6.47. The molecule has 0 bridgehead atoms. The molecule has 0 aliphatic carbocycles. The van der Waals surface area contributed by atoms with Crippen LogP contribution in [0.4, 0.5) is 20.6 Å². The highest BCUT2D eigenvalue weighted by Gasteiger charge is 2.36. The zero-order valence-corrected chi connectivity index (χ0v) is 22.8. The van der Waals surface area contributed by atoms with Gasteiger partial charge in [-0.3, -0.25) is 19.3 Å². The van der Waals surface area contributed by atoms with E-state index >= 15 is 0 Å². The van der Waals surface area contributed by atoms with Gasteiger partial charge in [-0.2, -0.15) is 0 Å². The molecule has 0 spiro atoms. The topological polar surface area (TPSA) is 88.2 Å². The molecule has 2 saturated heterocycles. The molecule has 2 aliphatic rings. The number of imide groups is 1. The first-order valence-electron chi connectivity index (χ1n) is 12.5. The number of hydrogen-bond acceptors (Lipinski definition) is 7. The van der Waals surface area contributed by atoms with Gasteiger partial charge in [0.1, 0.15) is 24.7 Å². The van der Waals surface area contributed by atoms with Crippen LogP contribution in [0.5, 0.6) is 5.75 Å². The standard InChI is InChI=1S/C29H25ClFN3O5S/c30-22-7-4-8-23(31)21(22)18-39-20-6-3-5-19(15-20)16-26-28(36)34(29(37)40-26)17-27(35)32-24-9-1-2-10-25(24)33-11-13-38-14-12-33/h1-10,15-16H,11-14,17-18H2,(H,32,35)/b26-16+. The molecule has 2 fully saturated rings. The summed E-state index contributed by atoms with van der Waals surface area (Å²) in [4.78, 5) is 41.7. The third-order valence-corrected chi connectivity index (χ3v) is 7.57. The third-order valence-electron chi connectivity index (χ3n) is 6.31. The van der Waals surface area contributed by atoms with E-state index in [4.69, 9.17) is 21.1 Å². The lowest BCUT2D eigenvalue weighted by molar-refractivity contribution is -0.127. The van der Waals surface area contributed by atoms with Crippen LogP contribution in [0.2, 0.25) is 5.02 Å². The van der Waals surface area contributed by atoms with Crippen LogP contribution in [0.25, 0.3) is 6.08 Å². The second-order valence-electron chi connectivity index (χ2n) is 8.99. The van der Waals surface area contributed by atoms with E-state index in [1.165, 1.54) is 12.1 Å². The molecular formula is C29H25ClFN3O5S. The normalized spacial score (nSPS) is 16.5. The van der Waals surface area contributed by atoms with Gasteiger partial charge in [-0.25, -0.2) is 4.39 Å². The smallest absolute Gasteiger partial charge is 0.294 e. The zero-order valence-electron chi connectivity index (χ0n) is 21.3. The first kappa shape index (κ1) is 27.7. The van der Waals surface area contributed by atoms with Gasteiger partial charge in [0.25, 0.3) is 11.1 Å². The van der Waals surface area contributed by atoms with E-state index in [2.05, 4.69) is 10.2 Å². The molecule has 3 aromatic carbocycles. The summed E-state index contributed by atoms with van der Waals surface area (Å²) in [6, 6.07) is 18.6. The van der Waals surface area contributed by atoms with Crippen molar-refractivity contribution in [3.63, 3.8) is 0 Å². The maximum atomic E-state index is 14.1. The summed E-state index contributed by atoms with van der Waals surface area (Å²) in [6.45, 7) is 2.11. The number of hydrogen-bond donors (Lipinski definition) is 1. The van der Waals surface area contributed by atoms with Gasteiger partial charge < -0.3 is 19.7 Å². The number of benzene rings is 3. The Morgan fingerprint density at radius 2 is 1.85 bits per heavy atom. The molecule has 1 N–H and O–H groups in total. The van der Waals surface area contributed by atoms with E-state index in [1.54, 1.807) is 42.5 Å². The van der Waals surface area contributed by atoms with Crippen molar-refractivity contribution >= 4 is 57.9 Å². The Hall–Kier alpha value is -3.86. The quantitative estimate of drug-likeness (QED) is 0.348. The van der Waals surface area contributed by atoms with Gasteiger partial charge in [0, 0.05) is 18.7 Å². The lowest BCUT2D eigenvalue weighted by Gasteiger charge is -2.30. The minimum absolute atomic E-state index is 0.0742. The number of anilines is 2. The minimum atomic E-state index is -0.559. The number of ether oxygens (including phenoxy) is 2. The predicted octanol–water partition coefficient (Wildman–Crippen LogP) is 5.57. The van der Waals surface area contributed by atoms with Crippen LogP contribution in [0.3, 0.4) is 0 Å². The average molecular weight is 582 g/mol. The monoisotopic (exact) mass is 581 g/mol. The Morgan fingerprint density at radius 3 is 2.65 bits per heavy atom. The first-order chi connectivity index (χ1) is 19.4. The Morgan fingerprint density at radius 1 is 1.07 bits per heavy atom. The Bertz CT molecular complexity index is 1460. The molecule has 11 heteroatoms. The number of thioether (sulfide) groups is 1. The molecule has 3 aromatic rings. The van der Waals surface area contributed by atoms with Crippen LogP contribution in [-0.2, 0) is 20.9 Å². The van der Waals surface area contributed by atoms with E-state index < -0.39 is 29.4 Å². The van der Waals surface area contributed by atoms with Gasteiger partial charge in [0.2, 0.25) is 5.91 Å². The molecule has 0 saturated carbocycles. The summed E-state index contributed by atoms with van der Waals surface area (Å²) < 4.78 is 25.2. The zero-order chi connectivity index (χ0) is 28.1. The molecule has 2 heterocycles. The summed E-state index contributed by atoms with van der Waals surface area (Å²) in [5.74, 6) is -1.07. The number of carbonyl (C=O) groups is 3. The van der Waals surface area contributed by atoms with Crippen molar-refractivity contribution in [2.75, 3.05) is 43.1 Å². The van der Waals surface area contributed by atoms with Crippen LogP contribution in [0.15, 0.2) is 71.6 Å². The lowest BCUT2D eigenvalue weighted by atomic mass is 10.2. The van der Waals surface area contributed by atoms with Crippen LogP contribution in [0, 0.1) is 5.82 Å². The van der Waals surface area contributed by atoms with Gasteiger partial charge in [-0.15, -0.1) is 0 Å². The number of halogens is 2. The molecule has 206 valence electrons. The van der Waals surface area contributed by atoms with E-state index in [9.17, 15) is 18.8 Å². The molecule has 0 radical (unpaired) electrons. The molecule has 5 rings (SSSR count). The maximum Gasteiger partial charge on any atom is 0.294 e. The number of carbonyl (C=O) groups excluding carboxylic acids is 3. The second-order valence-corrected chi connectivity index (χ2v) is 10.4.